The first-order valence-corrected chi connectivity index (χ1v) is 10.4. The molecule has 144 valence electrons. The number of carbonyl (C=O) groups is 1. The second-order valence-electron chi connectivity index (χ2n) is 6.58. The van der Waals surface area contributed by atoms with Crippen LogP contribution in [0.3, 0.4) is 0 Å². The van der Waals surface area contributed by atoms with Gasteiger partial charge < -0.3 is 10.1 Å². The molecule has 27 heavy (non-hydrogen) atoms. The Labute approximate surface area is 160 Å². The van der Waals surface area contributed by atoms with Crippen LogP contribution in [0.1, 0.15) is 41.7 Å². The quantitative estimate of drug-likeness (QED) is 0.825. The summed E-state index contributed by atoms with van der Waals surface area (Å²) in [7, 11) is -1.97. The highest BCUT2D eigenvalue weighted by atomic mass is 32.2. The van der Waals surface area contributed by atoms with E-state index < -0.39 is 10.0 Å². The maximum atomic E-state index is 12.7. The van der Waals surface area contributed by atoms with Crippen molar-refractivity contribution >= 4 is 15.9 Å². The number of sulfonamides is 1. The molecule has 0 bridgehead atoms. The van der Waals surface area contributed by atoms with Gasteiger partial charge in [-0.05, 0) is 44.0 Å². The minimum absolute atomic E-state index is 0.155. The van der Waals surface area contributed by atoms with Crippen molar-refractivity contribution in [3.05, 3.63) is 59.7 Å². The minimum Gasteiger partial charge on any atom is -0.496 e. The highest BCUT2D eigenvalue weighted by molar-refractivity contribution is 7.89. The van der Waals surface area contributed by atoms with Crippen LogP contribution in [0, 0.1) is 0 Å². The Kier molecular flexibility index (Phi) is 5.82. The van der Waals surface area contributed by atoms with Gasteiger partial charge in [0.2, 0.25) is 10.0 Å². The predicted octanol–water partition coefficient (Wildman–Crippen LogP) is 2.97. The van der Waals surface area contributed by atoms with E-state index in [9.17, 15) is 13.2 Å². The lowest BCUT2D eigenvalue weighted by molar-refractivity contribution is 0.0939. The molecule has 3 rings (SSSR count). The molecule has 2 aromatic rings. The van der Waals surface area contributed by atoms with Gasteiger partial charge in [-0.1, -0.05) is 24.3 Å². The summed E-state index contributed by atoms with van der Waals surface area (Å²) >= 11 is 0. The summed E-state index contributed by atoms with van der Waals surface area (Å²) in [5.74, 6) is 0.363. The average molecular weight is 388 g/mol. The van der Waals surface area contributed by atoms with Crippen LogP contribution in [-0.4, -0.2) is 38.8 Å². The summed E-state index contributed by atoms with van der Waals surface area (Å²) in [6, 6.07) is 13.4. The Bertz CT molecular complexity index is 921. The Hall–Kier alpha value is -2.38. The van der Waals surface area contributed by atoms with E-state index in [4.69, 9.17) is 4.74 Å². The molecule has 0 spiro atoms. The summed E-state index contributed by atoms with van der Waals surface area (Å²) in [5.41, 5.74) is 1.17. The van der Waals surface area contributed by atoms with E-state index in [1.165, 1.54) is 16.4 Å². The van der Waals surface area contributed by atoms with E-state index in [0.717, 1.165) is 18.4 Å². The summed E-state index contributed by atoms with van der Waals surface area (Å²) in [5, 5.41) is 2.91. The molecule has 0 aromatic heterocycles. The number of amides is 1. The molecule has 1 aliphatic heterocycles. The first-order valence-electron chi connectivity index (χ1n) is 8.97. The number of hydrogen-bond donors (Lipinski definition) is 1. The number of para-hydroxylation sites is 1. The molecular weight excluding hydrogens is 364 g/mol. The molecule has 1 fully saturated rings. The van der Waals surface area contributed by atoms with Crippen molar-refractivity contribution in [3.63, 3.8) is 0 Å². The summed E-state index contributed by atoms with van der Waals surface area (Å²) in [6.07, 6.45) is 1.74. The fraction of sp³-hybridized carbons (Fsp3) is 0.350. The van der Waals surface area contributed by atoms with Crippen molar-refractivity contribution in [1.82, 2.24) is 9.62 Å². The molecule has 1 amide bonds. The Balaban J connectivity index is 1.79. The molecule has 7 heteroatoms. The van der Waals surface area contributed by atoms with E-state index in [2.05, 4.69) is 5.32 Å². The summed E-state index contributed by atoms with van der Waals surface area (Å²) in [4.78, 5) is 12.8. The first kappa shape index (κ1) is 19.4. The van der Waals surface area contributed by atoms with Gasteiger partial charge in [-0.2, -0.15) is 4.31 Å². The summed E-state index contributed by atoms with van der Waals surface area (Å²) < 4.78 is 32.2. The SMILES string of the molecule is COc1ccccc1[C@@H](C)NC(=O)c1cccc(S(=O)(=O)N2CCCC2)c1. The Morgan fingerprint density at radius 3 is 2.52 bits per heavy atom. The molecule has 1 saturated heterocycles. The zero-order chi connectivity index (χ0) is 19.4. The standard InChI is InChI=1S/C20H24N2O4S/c1-15(18-10-3-4-11-19(18)26-2)21-20(23)16-8-7-9-17(14-16)27(24,25)22-12-5-6-13-22/h3-4,7-11,14-15H,5-6,12-13H2,1-2H3,(H,21,23)/t15-/m1/s1. The van der Waals surface area contributed by atoms with Crippen LogP contribution in [0.4, 0.5) is 0 Å². The summed E-state index contributed by atoms with van der Waals surface area (Å²) in [6.45, 7) is 2.92. The first-order chi connectivity index (χ1) is 12.9. The van der Waals surface area contributed by atoms with Gasteiger partial charge in [0.15, 0.2) is 0 Å². The fourth-order valence-corrected chi connectivity index (χ4v) is 4.82. The lowest BCUT2D eigenvalue weighted by Gasteiger charge is -2.18. The van der Waals surface area contributed by atoms with E-state index >= 15 is 0 Å². The lowest BCUT2D eigenvalue weighted by atomic mass is 10.1. The molecule has 6 nitrogen and oxygen atoms in total. The van der Waals surface area contributed by atoms with E-state index in [0.29, 0.717) is 24.4 Å². The van der Waals surface area contributed by atoms with Crippen LogP contribution >= 0.6 is 0 Å². The maximum absolute atomic E-state index is 12.7. The number of rotatable bonds is 6. The van der Waals surface area contributed by atoms with Gasteiger partial charge >= 0.3 is 0 Å². The van der Waals surface area contributed by atoms with Gasteiger partial charge in [0.05, 0.1) is 18.0 Å². The second kappa shape index (κ2) is 8.10. The Morgan fingerprint density at radius 2 is 1.81 bits per heavy atom. The van der Waals surface area contributed by atoms with Crippen LogP contribution in [-0.2, 0) is 10.0 Å². The molecule has 1 atom stereocenters. The molecule has 1 N–H and O–H groups in total. The van der Waals surface area contributed by atoms with Gasteiger partial charge in [-0.15, -0.1) is 0 Å². The zero-order valence-corrected chi connectivity index (χ0v) is 16.3. The van der Waals surface area contributed by atoms with Crippen molar-refractivity contribution in [2.24, 2.45) is 0 Å². The fourth-order valence-electron chi connectivity index (χ4n) is 3.26. The van der Waals surface area contributed by atoms with Crippen molar-refractivity contribution in [3.8, 4) is 5.75 Å². The van der Waals surface area contributed by atoms with E-state index in [-0.39, 0.29) is 16.8 Å². The topological polar surface area (TPSA) is 75.7 Å². The number of hydrogen-bond acceptors (Lipinski definition) is 4. The van der Waals surface area contributed by atoms with E-state index in [1.54, 1.807) is 19.2 Å². The molecule has 0 unspecified atom stereocenters. The normalized spacial score (nSPS) is 16.1. The van der Waals surface area contributed by atoms with Crippen LogP contribution in [0.5, 0.6) is 5.75 Å². The van der Waals surface area contributed by atoms with Crippen LogP contribution < -0.4 is 10.1 Å². The van der Waals surface area contributed by atoms with Crippen molar-refractivity contribution in [2.75, 3.05) is 20.2 Å². The number of benzene rings is 2. The zero-order valence-electron chi connectivity index (χ0n) is 15.5. The third-order valence-electron chi connectivity index (χ3n) is 4.75. The van der Waals surface area contributed by atoms with Gasteiger partial charge in [0, 0.05) is 24.2 Å². The lowest BCUT2D eigenvalue weighted by Crippen LogP contribution is -2.29. The number of carbonyl (C=O) groups excluding carboxylic acids is 1. The molecule has 1 aliphatic rings. The molecule has 0 saturated carbocycles. The maximum Gasteiger partial charge on any atom is 0.251 e. The van der Waals surface area contributed by atoms with Crippen LogP contribution in [0.15, 0.2) is 53.4 Å². The number of nitrogens with one attached hydrogen (secondary N) is 1. The average Bonchev–Trinajstić information content (AvgIpc) is 3.23. The smallest absolute Gasteiger partial charge is 0.251 e. The third-order valence-corrected chi connectivity index (χ3v) is 6.65. The van der Waals surface area contributed by atoms with Crippen LogP contribution in [0.25, 0.3) is 0 Å². The third kappa shape index (κ3) is 4.14. The van der Waals surface area contributed by atoms with Crippen LogP contribution in [0.2, 0.25) is 0 Å². The number of nitrogens with zero attached hydrogens (tertiary/aromatic N) is 1. The van der Waals surface area contributed by atoms with Crippen molar-refractivity contribution in [1.29, 1.82) is 0 Å². The van der Waals surface area contributed by atoms with E-state index in [1.807, 2.05) is 31.2 Å². The molecule has 1 heterocycles. The van der Waals surface area contributed by atoms with Gasteiger partial charge in [0.25, 0.3) is 5.91 Å². The predicted molar refractivity (Wildman–Crippen MR) is 103 cm³/mol. The van der Waals surface area contributed by atoms with Crippen molar-refractivity contribution in [2.45, 2.75) is 30.7 Å². The second-order valence-corrected chi connectivity index (χ2v) is 8.51. The molecular formula is C20H24N2O4S. The van der Waals surface area contributed by atoms with Crippen molar-refractivity contribution < 1.29 is 17.9 Å². The highest BCUT2D eigenvalue weighted by Crippen LogP contribution is 2.25. The molecule has 0 aliphatic carbocycles. The Morgan fingerprint density at radius 1 is 1.11 bits per heavy atom. The minimum atomic E-state index is -3.55. The highest BCUT2D eigenvalue weighted by Gasteiger charge is 2.27. The molecule has 2 aromatic carbocycles. The monoisotopic (exact) mass is 388 g/mol. The molecule has 0 radical (unpaired) electrons. The van der Waals surface area contributed by atoms with Gasteiger partial charge in [-0.25, -0.2) is 8.42 Å². The largest absolute Gasteiger partial charge is 0.496 e. The number of methoxy groups -OCH3 is 1. The van der Waals surface area contributed by atoms with Gasteiger partial charge in [-0.3, -0.25) is 4.79 Å². The number of ether oxygens (including phenoxy) is 1. The van der Waals surface area contributed by atoms with Gasteiger partial charge in [0.1, 0.15) is 5.75 Å².